The largest absolute Gasteiger partial charge is 0.497 e. The van der Waals surface area contributed by atoms with E-state index in [1.165, 1.54) is 6.07 Å². The molecule has 19 heavy (non-hydrogen) atoms. The van der Waals surface area contributed by atoms with Crippen LogP contribution in [0, 0.1) is 13.0 Å². The molecule has 1 aromatic carbocycles. The van der Waals surface area contributed by atoms with Crippen LogP contribution in [-0.2, 0) is 39.3 Å². The number of ether oxygens (including phenoxy) is 1. The smallest absolute Gasteiger partial charge is 0.194 e. The molecule has 1 radical (unpaired) electrons. The molecule has 4 heteroatoms. The molecule has 1 heterocycles. The van der Waals surface area contributed by atoms with Crippen molar-refractivity contribution in [3.05, 3.63) is 52.3 Å². The van der Waals surface area contributed by atoms with Crippen molar-refractivity contribution >= 4 is 0 Å². The fourth-order valence-corrected chi connectivity index (χ4v) is 2.04. The first-order chi connectivity index (χ1) is 8.67. The normalized spacial score (nSPS) is 9.84. The zero-order valence-electron chi connectivity index (χ0n) is 11.4. The van der Waals surface area contributed by atoms with Gasteiger partial charge < -0.3 is 9.30 Å². The van der Waals surface area contributed by atoms with E-state index >= 15 is 0 Å². The molecular weight excluding hydrogens is 315 g/mol. The molecule has 1 aromatic heterocycles. The van der Waals surface area contributed by atoms with Crippen LogP contribution in [-0.4, -0.2) is 11.7 Å². The summed E-state index contributed by atoms with van der Waals surface area (Å²) in [6.45, 7) is 4.59. The summed E-state index contributed by atoms with van der Waals surface area (Å²) in [5.41, 5.74) is 2.90. The molecule has 97 valence electrons. The summed E-state index contributed by atoms with van der Waals surface area (Å²) in [7, 11) is 1.64. The Hall–Kier alpha value is -0.926. The molecule has 0 bridgehead atoms. The number of hydrogen-bond acceptors (Lipinski definition) is 2. The average Bonchev–Trinajstić information content (AvgIpc) is 2.38. The summed E-state index contributed by atoms with van der Waals surface area (Å²) in [6.07, 6.45) is 0. The van der Waals surface area contributed by atoms with Gasteiger partial charge in [0.25, 0.3) is 0 Å². The van der Waals surface area contributed by atoms with Crippen LogP contribution in [0.5, 0.6) is 5.75 Å². The molecule has 0 spiro atoms. The van der Waals surface area contributed by atoms with E-state index in [2.05, 4.69) is 6.07 Å². The van der Waals surface area contributed by atoms with Gasteiger partial charge in [0.1, 0.15) is 5.75 Å². The Bertz CT molecular complexity index is 620. The summed E-state index contributed by atoms with van der Waals surface area (Å²) < 4.78 is 6.90. The van der Waals surface area contributed by atoms with Crippen molar-refractivity contribution < 1.29 is 37.4 Å². The molecule has 0 saturated heterocycles. The predicted octanol–water partition coefficient (Wildman–Crippen LogP) is 2.65. The first kappa shape index (κ1) is 16.1. The van der Waals surface area contributed by atoms with Crippen LogP contribution in [0.25, 0.3) is 11.3 Å². The van der Waals surface area contributed by atoms with E-state index in [0.29, 0.717) is 6.54 Å². The fraction of sp³-hybridized carbons (Fsp3) is 0.267. The summed E-state index contributed by atoms with van der Waals surface area (Å²) in [5.74, 6) is 0.817. The second kappa shape index (κ2) is 7.02. The third-order valence-corrected chi connectivity index (χ3v) is 2.99. The van der Waals surface area contributed by atoms with Crippen molar-refractivity contribution in [1.82, 2.24) is 4.57 Å². The van der Waals surface area contributed by atoms with E-state index in [0.717, 1.165) is 22.6 Å². The Balaban J connectivity index is 0.00000180. The van der Waals surface area contributed by atoms with Gasteiger partial charge in [0.2, 0.25) is 0 Å². The van der Waals surface area contributed by atoms with Gasteiger partial charge in [0, 0.05) is 39.3 Å². The Morgan fingerprint density at radius 1 is 1.32 bits per heavy atom. The van der Waals surface area contributed by atoms with Crippen LogP contribution in [0.3, 0.4) is 0 Å². The molecule has 2 aromatic rings. The number of benzene rings is 1. The Morgan fingerprint density at radius 2 is 2.05 bits per heavy atom. The fourth-order valence-electron chi connectivity index (χ4n) is 2.04. The Kier molecular flexibility index (Phi) is 5.96. The summed E-state index contributed by atoms with van der Waals surface area (Å²) >= 11 is 0. The first-order valence-corrected chi connectivity index (χ1v) is 5.94. The van der Waals surface area contributed by atoms with Crippen molar-refractivity contribution in [3.63, 3.8) is 0 Å². The van der Waals surface area contributed by atoms with Gasteiger partial charge in [-0.15, -0.1) is 6.07 Å². The number of methoxy groups -OCH3 is 1. The zero-order chi connectivity index (χ0) is 13.1. The van der Waals surface area contributed by atoms with Gasteiger partial charge in [-0.3, -0.25) is 4.79 Å². The Labute approximate surface area is 138 Å². The Morgan fingerprint density at radius 3 is 2.63 bits per heavy atom. The molecule has 0 amide bonds. The van der Waals surface area contributed by atoms with Gasteiger partial charge >= 0.3 is 0 Å². The zero-order valence-corrected chi connectivity index (χ0v) is 14.3. The van der Waals surface area contributed by atoms with Gasteiger partial charge in [-0.2, -0.15) is 12.1 Å². The molecule has 3 nitrogen and oxygen atoms in total. The van der Waals surface area contributed by atoms with Gasteiger partial charge in [0.05, 0.1) is 7.11 Å². The molecule has 0 saturated carbocycles. The van der Waals surface area contributed by atoms with E-state index in [1.807, 2.05) is 32.0 Å². The molecule has 0 aliphatic heterocycles. The third-order valence-electron chi connectivity index (χ3n) is 2.99. The maximum Gasteiger partial charge on any atom is 0.194 e. The molecule has 2 rings (SSSR count). The van der Waals surface area contributed by atoms with Gasteiger partial charge in [-0.05, 0) is 19.1 Å². The maximum atomic E-state index is 11.8. The van der Waals surface area contributed by atoms with Gasteiger partial charge in [-0.1, -0.05) is 29.8 Å². The van der Waals surface area contributed by atoms with Crippen molar-refractivity contribution in [3.8, 4) is 17.0 Å². The molecule has 0 aliphatic rings. The van der Waals surface area contributed by atoms with Crippen LogP contribution in [0.1, 0.15) is 12.5 Å². The predicted molar refractivity (Wildman–Crippen MR) is 71.9 cm³/mol. The number of nitrogens with zero attached hydrogens (tertiary/aromatic N) is 1. The monoisotopic (exact) mass is 331 g/mol. The quantitative estimate of drug-likeness (QED) is 0.810. The average molecular weight is 331 g/mol. The molecule has 0 atom stereocenters. The van der Waals surface area contributed by atoms with Gasteiger partial charge in [-0.25, -0.2) is 0 Å². The van der Waals surface area contributed by atoms with E-state index in [9.17, 15) is 4.79 Å². The van der Waals surface area contributed by atoms with E-state index < -0.39 is 0 Å². The van der Waals surface area contributed by atoms with Crippen LogP contribution in [0.4, 0.5) is 0 Å². The SMILES string of the molecule is CCn1c(-c2ccc(OC)cc2C)[c-]ccc1=O.[Y]. The van der Waals surface area contributed by atoms with Crippen molar-refractivity contribution in [2.45, 2.75) is 20.4 Å². The number of aromatic nitrogens is 1. The van der Waals surface area contributed by atoms with Crippen molar-refractivity contribution in [2.75, 3.05) is 7.11 Å². The minimum atomic E-state index is 0. The summed E-state index contributed by atoms with van der Waals surface area (Å²) in [4.78, 5) is 11.8. The first-order valence-electron chi connectivity index (χ1n) is 5.94. The van der Waals surface area contributed by atoms with Gasteiger partial charge in [0.15, 0.2) is 5.56 Å². The van der Waals surface area contributed by atoms with Crippen LogP contribution >= 0.6 is 0 Å². The summed E-state index contributed by atoms with van der Waals surface area (Å²) in [6, 6.07) is 12.2. The second-order valence-corrected chi connectivity index (χ2v) is 4.09. The molecule has 0 aliphatic carbocycles. The molecule has 0 fully saturated rings. The maximum absolute atomic E-state index is 11.8. The van der Waals surface area contributed by atoms with Crippen molar-refractivity contribution in [2.24, 2.45) is 0 Å². The van der Waals surface area contributed by atoms with Crippen LogP contribution in [0.15, 0.2) is 35.1 Å². The molecule has 0 unspecified atom stereocenters. The number of hydrogen-bond donors (Lipinski definition) is 0. The van der Waals surface area contributed by atoms with E-state index in [1.54, 1.807) is 17.7 Å². The minimum absolute atomic E-state index is 0. The molecule has 0 N–H and O–H groups in total. The number of pyridine rings is 1. The minimum Gasteiger partial charge on any atom is -0.497 e. The standard InChI is InChI=1S/C15H16NO2.Y/c1-4-16-14(6-5-7-15(16)17)13-9-8-12(18-3)10-11(13)2;/h5,7-10H,4H2,1-3H3;/q-1;. The van der Waals surface area contributed by atoms with E-state index in [4.69, 9.17) is 4.74 Å². The summed E-state index contributed by atoms with van der Waals surface area (Å²) in [5, 5.41) is 0. The number of aryl methyl sites for hydroxylation is 1. The second-order valence-electron chi connectivity index (χ2n) is 4.09. The van der Waals surface area contributed by atoms with Crippen molar-refractivity contribution in [1.29, 1.82) is 0 Å². The van der Waals surface area contributed by atoms with Crippen LogP contribution in [0.2, 0.25) is 0 Å². The number of rotatable bonds is 3. The third kappa shape index (κ3) is 3.34. The van der Waals surface area contributed by atoms with Crippen LogP contribution < -0.4 is 10.3 Å². The van der Waals surface area contributed by atoms with E-state index in [-0.39, 0.29) is 38.3 Å². The molecular formula is C15H16NO2Y-. The topological polar surface area (TPSA) is 31.2 Å².